The van der Waals surface area contributed by atoms with Gasteiger partial charge in [0.15, 0.2) is 0 Å². The van der Waals surface area contributed by atoms with Crippen molar-refractivity contribution in [2.24, 2.45) is 0 Å². The van der Waals surface area contributed by atoms with E-state index < -0.39 is 0 Å². The number of ether oxygens (including phenoxy) is 1. The maximum atomic E-state index is 11.4. The Labute approximate surface area is 100 Å². The molecule has 1 aromatic heterocycles. The molecule has 0 atom stereocenters. The minimum absolute atomic E-state index is 0.324. The zero-order chi connectivity index (χ0) is 12.4. The van der Waals surface area contributed by atoms with Crippen molar-refractivity contribution in [3.63, 3.8) is 0 Å². The Morgan fingerprint density at radius 3 is 2.82 bits per heavy atom. The van der Waals surface area contributed by atoms with Crippen LogP contribution in [0.25, 0.3) is 10.9 Å². The first-order chi connectivity index (χ1) is 8.13. The number of aromatic amines is 1. The van der Waals surface area contributed by atoms with Gasteiger partial charge in [0.25, 0.3) is 0 Å². The van der Waals surface area contributed by atoms with Gasteiger partial charge < -0.3 is 14.6 Å². The van der Waals surface area contributed by atoms with Gasteiger partial charge in [-0.1, -0.05) is 18.2 Å². The fourth-order valence-corrected chi connectivity index (χ4v) is 2.00. The number of carbonyl (C=O) groups excluding carboxylic acids is 1. The number of nitrogens with one attached hydrogen (secondary N) is 1. The molecule has 0 aliphatic carbocycles. The number of aromatic nitrogens is 1. The van der Waals surface area contributed by atoms with Crippen LogP contribution in [0.1, 0.15) is 11.3 Å². The number of aryl methyl sites for hydroxylation is 1. The van der Waals surface area contributed by atoms with Gasteiger partial charge in [-0.25, -0.2) is 4.79 Å². The van der Waals surface area contributed by atoms with Gasteiger partial charge in [0.1, 0.15) is 0 Å². The molecule has 1 N–H and O–H groups in total. The third kappa shape index (κ3) is 2.11. The molecular weight excluding hydrogens is 216 g/mol. The number of nitrogens with zero attached hydrogens (tertiary/aromatic N) is 1. The van der Waals surface area contributed by atoms with E-state index in [1.165, 1.54) is 7.11 Å². The minimum atomic E-state index is -0.324. The van der Waals surface area contributed by atoms with Crippen molar-refractivity contribution >= 4 is 17.0 Å². The molecule has 0 aliphatic heterocycles. The molecule has 1 aromatic carbocycles. The highest BCUT2D eigenvalue weighted by atomic mass is 16.5. The molecule has 2 rings (SSSR count). The number of methoxy groups -OCH3 is 1. The van der Waals surface area contributed by atoms with Gasteiger partial charge in [-0.05, 0) is 18.6 Å². The highest BCUT2D eigenvalue weighted by molar-refractivity contribution is 5.84. The maximum absolute atomic E-state index is 11.4. The molecule has 0 radical (unpaired) electrons. The summed E-state index contributed by atoms with van der Waals surface area (Å²) in [6.07, 6.45) is -0.324. The number of rotatable bonds is 2. The summed E-state index contributed by atoms with van der Waals surface area (Å²) in [5.41, 5.74) is 3.31. The molecule has 0 saturated carbocycles. The van der Waals surface area contributed by atoms with Gasteiger partial charge in [0.2, 0.25) is 0 Å². The van der Waals surface area contributed by atoms with Crippen LogP contribution in [-0.2, 0) is 11.3 Å². The fraction of sp³-hybridized carbons (Fsp3) is 0.308. The Kier molecular flexibility index (Phi) is 3.04. The van der Waals surface area contributed by atoms with E-state index in [4.69, 9.17) is 0 Å². The summed E-state index contributed by atoms with van der Waals surface area (Å²) < 4.78 is 4.69. The summed E-state index contributed by atoms with van der Waals surface area (Å²) in [6, 6.07) is 8.08. The molecular formula is C13H16N2O2. The number of carbonyl (C=O) groups is 1. The largest absolute Gasteiger partial charge is 0.453 e. The second-order valence-corrected chi connectivity index (χ2v) is 4.10. The first kappa shape index (κ1) is 11.5. The van der Waals surface area contributed by atoms with E-state index in [9.17, 15) is 4.79 Å². The van der Waals surface area contributed by atoms with Crippen molar-refractivity contribution in [1.29, 1.82) is 0 Å². The summed E-state index contributed by atoms with van der Waals surface area (Å²) in [5.74, 6) is 0. The Morgan fingerprint density at radius 1 is 1.41 bits per heavy atom. The zero-order valence-electron chi connectivity index (χ0n) is 10.3. The molecule has 2 aromatic rings. The van der Waals surface area contributed by atoms with Crippen LogP contribution in [0.15, 0.2) is 24.3 Å². The van der Waals surface area contributed by atoms with Crippen molar-refractivity contribution in [3.05, 3.63) is 35.5 Å². The summed E-state index contributed by atoms with van der Waals surface area (Å²) in [5, 5.41) is 1.15. The number of hydrogen-bond donors (Lipinski definition) is 1. The van der Waals surface area contributed by atoms with Crippen LogP contribution >= 0.6 is 0 Å². The molecule has 0 fully saturated rings. The third-order valence-corrected chi connectivity index (χ3v) is 2.91. The second-order valence-electron chi connectivity index (χ2n) is 4.10. The Balaban J connectivity index is 2.35. The standard InChI is InChI=1S/C13H16N2O2/c1-9-11(8-15(2)13(16)17-3)10-6-4-5-7-12(10)14-9/h4-7,14H,8H2,1-3H3. The predicted octanol–water partition coefficient (Wildman–Crippen LogP) is 2.67. The van der Waals surface area contributed by atoms with Gasteiger partial charge in [-0.15, -0.1) is 0 Å². The first-order valence-electron chi connectivity index (χ1n) is 5.48. The average Bonchev–Trinajstić information content (AvgIpc) is 2.65. The van der Waals surface area contributed by atoms with Gasteiger partial charge >= 0.3 is 6.09 Å². The fourth-order valence-electron chi connectivity index (χ4n) is 2.00. The molecule has 90 valence electrons. The lowest BCUT2D eigenvalue weighted by Gasteiger charge is -2.15. The van der Waals surface area contributed by atoms with E-state index in [1.54, 1.807) is 11.9 Å². The third-order valence-electron chi connectivity index (χ3n) is 2.91. The van der Waals surface area contributed by atoms with E-state index in [0.29, 0.717) is 6.54 Å². The van der Waals surface area contributed by atoms with Crippen molar-refractivity contribution in [1.82, 2.24) is 9.88 Å². The van der Waals surface area contributed by atoms with Gasteiger partial charge in [0, 0.05) is 23.6 Å². The van der Waals surface area contributed by atoms with Gasteiger partial charge in [-0.3, -0.25) is 0 Å². The normalized spacial score (nSPS) is 10.5. The van der Waals surface area contributed by atoms with Crippen LogP contribution in [0.4, 0.5) is 4.79 Å². The van der Waals surface area contributed by atoms with Crippen LogP contribution in [0.5, 0.6) is 0 Å². The lowest BCUT2D eigenvalue weighted by atomic mass is 10.1. The Bertz CT molecular complexity index is 545. The first-order valence-corrected chi connectivity index (χ1v) is 5.48. The molecule has 4 nitrogen and oxygen atoms in total. The molecule has 0 bridgehead atoms. The predicted molar refractivity (Wildman–Crippen MR) is 66.9 cm³/mol. The highest BCUT2D eigenvalue weighted by Gasteiger charge is 2.13. The van der Waals surface area contributed by atoms with Gasteiger partial charge in [-0.2, -0.15) is 0 Å². The number of para-hydroxylation sites is 1. The number of hydrogen-bond acceptors (Lipinski definition) is 2. The summed E-state index contributed by atoms with van der Waals surface area (Å²) >= 11 is 0. The molecule has 0 aliphatic rings. The van der Waals surface area contributed by atoms with Crippen molar-refractivity contribution in [3.8, 4) is 0 Å². The van der Waals surface area contributed by atoms with E-state index in [1.807, 2.05) is 25.1 Å². The van der Waals surface area contributed by atoms with E-state index >= 15 is 0 Å². The summed E-state index contributed by atoms with van der Waals surface area (Å²) in [6.45, 7) is 2.56. The zero-order valence-corrected chi connectivity index (χ0v) is 10.3. The van der Waals surface area contributed by atoms with Crippen LogP contribution < -0.4 is 0 Å². The van der Waals surface area contributed by atoms with Crippen LogP contribution in [0.2, 0.25) is 0 Å². The van der Waals surface area contributed by atoms with Crippen molar-refractivity contribution in [2.75, 3.05) is 14.2 Å². The van der Waals surface area contributed by atoms with E-state index in [0.717, 1.165) is 22.2 Å². The number of amides is 1. The van der Waals surface area contributed by atoms with Crippen LogP contribution in [-0.4, -0.2) is 30.1 Å². The number of H-pyrrole nitrogens is 1. The molecule has 4 heteroatoms. The molecule has 1 heterocycles. The smallest absolute Gasteiger partial charge is 0.409 e. The summed E-state index contributed by atoms with van der Waals surface area (Å²) in [4.78, 5) is 16.2. The SMILES string of the molecule is COC(=O)N(C)Cc1c(C)[nH]c2ccccc12. The Hall–Kier alpha value is -1.97. The molecule has 0 unspecified atom stereocenters. The molecule has 0 spiro atoms. The average molecular weight is 232 g/mol. The lowest BCUT2D eigenvalue weighted by molar-refractivity contribution is 0.131. The minimum Gasteiger partial charge on any atom is -0.453 e. The lowest BCUT2D eigenvalue weighted by Crippen LogP contribution is -2.26. The number of benzene rings is 1. The molecule has 0 saturated heterocycles. The molecule has 1 amide bonds. The van der Waals surface area contributed by atoms with E-state index in [-0.39, 0.29) is 6.09 Å². The molecule has 17 heavy (non-hydrogen) atoms. The van der Waals surface area contributed by atoms with E-state index in [2.05, 4.69) is 15.8 Å². The van der Waals surface area contributed by atoms with Crippen molar-refractivity contribution < 1.29 is 9.53 Å². The second kappa shape index (κ2) is 4.49. The maximum Gasteiger partial charge on any atom is 0.409 e. The monoisotopic (exact) mass is 232 g/mol. The van der Waals surface area contributed by atoms with Crippen LogP contribution in [0.3, 0.4) is 0 Å². The Morgan fingerprint density at radius 2 is 2.12 bits per heavy atom. The quantitative estimate of drug-likeness (QED) is 0.865. The van der Waals surface area contributed by atoms with Crippen LogP contribution in [0, 0.1) is 6.92 Å². The van der Waals surface area contributed by atoms with Crippen molar-refractivity contribution in [2.45, 2.75) is 13.5 Å². The van der Waals surface area contributed by atoms with Gasteiger partial charge in [0.05, 0.1) is 13.7 Å². The summed E-state index contributed by atoms with van der Waals surface area (Å²) in [7, 11) is 3.12. The topological polar surface area (TPSA) is 45.3 Å². The highest BCUT2D eigenvalue weighted by Crippen LogP contribution is 2.22. The number of fused-ring (bicyclic) bond motifs is 1.